The molecule has 1 aromatic carbocycles. The topological polar surface area (TPSA) is 71.7 Å². The van der Waals surface area contributed by atoms with E-state index in [1.165, 1.54) is 0 Å². The number of furan rings is 1. The maximum absolute atomic E-state index is 10.9. The molecule has 2 N–H and O–H groups in total. The van der Waals surface area contributed by atoms with Gasteiger partial charge in [-0.1, -0.05) is 12.1 Å². The molecule has 0 aliphatic heterocycles. The molecule has 0 fully saturated rings. The third kappa shape index (κ3) is 3.39. The first-order valence-electron chi connectivity index (χ1n) is 6.26. The molecule has 5 nitrogen and oxygen atoms in total. The number of aromatic carboxylic acids is 1. The summed E-state index contributed by atoms with van der Waals surface area (Å²) in [5.74, 6) is 0.884. The molecular weight excluding hydrogens is 258 g/mol. The van der Waals surface area contributed by atoms with Gasteiger partial charge in [-0.05, 0) is 30.7 Å². The number of aryl methyl sites for hydroxylation is 1. The average Bonchev–Trinajstić information content (AvgIpc) is 2.80. The van der Waals surface area contributed by atoms with Crippen LogP contribution in [0.5, 0.6) is 5.75 Å². The minimum Gasteiger partial charge on any atom is -0.497 e. The largest absolute Gasteiger partial charge is 0.497 e. The second-order valence-corrected chi connectivity index (χ2v) is 4.44. The van der Waals surface area contributed by atoms with E-state index >= 15 is 0 Å². The number of rotatable bonds is 6. The van der Waals surface area contributed by atoms with Crippen LogP contribution >= 0.6 is 0 Å². The molecule has 0 bridgehead atoms. The highest BCUT2D eigenvalue weighted by molar-refractivity contribution is 5.88. The van der Waals surface area contributed by atoms with E-state index < -0.39 is 5.97 Å². The van der Waals surface area contributed by atoms with Gasteiger partial charge in [-0.15, -0.1) is 0 Å². The molecule has 0 spiro atoms. The Balaban J connectivity index is 1.92. The SMILES string of the molecule is COc1cccc(CNCc2cc(C(=O)O)c(C)o2)c1. The van der Waals surface area contributed by atoms with Crippen molar-refractivity contribution in [3.8, 4) is 5.75 Å². The van der Waals surface area contributed by atoms with E-state index in [0.29, 0.717) is 24.6 Å². The van der Waals surface area contributed by atoms with E-state index in [1.54, 1.807) is 20.1 Å². The van der Waals surface area contributed by atoms with Crippen molar-refractivity contribution in [2.75, 3.05) is 7.11 Å². The lowest BCUT2D eigenvalue weighted by Crippen LogP contribution is -2.12. The van der Waals surface area contributed by atoms with Gasteiger partial charge in [0.2, 0.25) is 0 Å². The van der Waals surface area contributed by atoms with E-state index in [4.69, 9.17) is 14.3 Å². The van der Waals surface area contributed by atoms with Crippen molar-refractivity contribution in [1.82, 2.24) is 5.32 Å². The van der Waals surface area contributed by atoms with Crippen LogP contribution < -0.4 is 10.1 Å². The predicted octanol–water partition coefficient (Wildman–Crippen LogP) is 2.58. The Hall–Kier alpha value is -2.27. The van der Waals surface area contributed by atoms with E-state index in [0.717, 1.165) is 11.3 Å². The zero-order valence-corrected chi connectivity index (χ0v) is 11.5. The quantitative estimate of drug-likeness (QED) is 0.847. The zero-order valence-electron chi connectivity index (χ0n) is 11.5. The van der Waals surface area contributed by atoms with E-state index in [1.807, 2.05) is 24.3 Å². The van der Waals surface area contributed by atoms with Crippen LogP contribution in [0.25, 0.3) is 0 Å². The molecule has 2 rings (SSSR count). The molecule has 0 amide bonds. The number of methoxy groups -OCH3 is 1. The number of nitrogens with one attached hydrogen (secondary N) is 1. The van der Waals surface area contributed by atoms with E-state index in [2.05, 4.69) is 5.32 Å². The molecule has 0 aliphatic rings. The van der Waals surface area contributed by atoms with Gasteiger partial charge < -0.3 is 19.6 Å². The summed E-state index contributed by atoms with van der Waals surface area (Å²) in [6.07, 6.45) is 0. The molecular formula is C15H17NO4. The van der Waals surface area contributed by atoms with Crippen LogP contribution in [0.4, 0.5) is 0 Å². The molecule has 0 atom stereocenters. The molecule has 1 heterocycles. The number of carbonyl (C=O) groups is 1. The van der Waals surface area contributed by atoms with Crippen LogP contribution in [0.15, 0.2) is 34.7 Å². The van der Waals surface area contributed by atoms with Gasteiger partial charge >= 0.3 is 5.97 Å². The Morgan fingerprint density at radius 2 is 2.15 bits per heavy atom. The number of carboxylic acid groups (broad SMARTS) is 1. The summed E-state index contributed by atoms with van der Waals surface area (Å²) in [4.78, 5) is 10.9. The molecule has 0 unspecified atom stereocenters. The van der Waals surface area contributed by atoms with Gasteiger partial charge in [-0.3, -0.25) is 0 Å². The van der Waals surface area contributed by atoms with Crippen molar-refractivity contribution in [1.29, 1.82) is 0 Å². The Bertz CT molecular complexity index is 604. The molecule has 1 aromatic heterocycles. The molecule has 0 saturated heterocycles. The van der Waals surface area contributed by atoms with Crippen molar-refractivity contribution in [2.24, 2.45) is 0 Å². The monoisotopic (exact) mass is 275 g/mol. The normalized spacial score (nSPS) is 10.5. The van der Waals surface area contributed by atoms with Gasteiger partial charge in [0.1, 0.15) is 22.8 Å². The third-order valence-electron chi connectivity index (χ3n) is 2.96. The second kappa shape index (κ2) is 6.25. The van der Waals surface area contributed by atoms with Crippen LogP contribution in [0, 0.1) is 6.92 Å². The summed E-state index contributed by atoms with van der Waals surface area (Å²) >= 11 is 0. The minimum absolute atomic E-state index is 0.211. The fourth-order valence-electron chi connectivity index (χ4n) is 1.96. The summed E-state index contributed by atoms with van der Waals surface area (Å²) in [5, 5.41) is 12.2. The summed E-state index contributed by atoms with van der Waals surface area (Å²) in [6, 6.07) is 9.30. The van der Waals surface area contributed by atoms with Gasteiger partial charge in [-0.2, -0.15) is 0 Å². The van der Waals surface area contributed by atoms with Crippen LogP contribution in [-0.2, 0) is 13.1 Å². The number of carboxylic acids is 1. The van der Waals surface area contributed by atoms with Gasteiger partial charge in [0.05, 0.1) is 13.7 Å². The number of hydrogen-bond acceptors (Lipinski definition) is 4. The summed E-state index contributed by atoms with van der Waals surface area (Å²) in [7, 11) is 1.63. The van der Waals surface area contributed by atoms with Crippen LogP contribution in [0.2, 0.25) is 0 Å². The number of ether oxygens (including phenoxy) is 1. The van der Waals surface area contributed by atoms with Gasteiger partial charge in [-0.25, -0.2) is 4.79 Å². The lowest BCUT2D eigenvalue weighted by molar-refractivity contribution is 0.0695. The zero-order chi connectivity index (χ0) is 14.5. The van der Waals surface area contributed by atoms with Gasteiger partial charge in [0.25, 0.3) is 0 Å². The summed E-state index contributed by atoms with van der Waals surface area (Å²) in [6.45, 7) is 2.78. The molecule has 0 radical (unpaired) electrons. The highest BCUT2D eigenvalue weighted by atomic mass is 16.5. The van der Waals surface area contributed by atoms with Crippen molar-refractivity contribution >= 4 is 5.97 Å². The van der Waals surface area contributed by atoms with Crippen LogP contribution in [0.1, 0.15) is 27.4 Å². The van der Waals surface area contributed by atoms with E-state index in [-0.39, 0.29) is 5.56 Å². The maximum atomic E-state index is 10.9. The van der Waals surface area contributed by atoms with Crippen molar-refractivity contribution in [3.05, 3.63) is 53.0 Å². The van der Waals surface area contributed by atoms with Crippen molar-refractivity contribution in [2.45, 2.75) is 20.0 Å². The lowest BCUT2D eigenvalue weighted by atomic mass is 10.2. The van der Waals surface area contributed by atoms with Gasteiger partial charge in [0.15, 0.2) is 0 Å². The Labute approximate surface area is 117 Å². The fourth-order valence-corrected chi connectivity index (χ4v) is 1.96. The molecule has 0 saturated carbocycles. The standard InChI is InChI=1S/C15H17NO4/c1-10-14(15(17)18)7-13(20-10)9-16-8-11-4-3-5-12(6-11)19-2/h3-7,16H,8-9H2,1-2H3,(H,17,18). The minimum atomic E-state index is -0.967. The Morgan fingerprint density at radius 3 is 2.80 bits per heavy atom. The molecule has 106 valence electrons. The second-order valence-electron chi connectivity index (χ2n) is 4.44. The highest BCUT2D eigenvalue weighted by Crippen LogP contribution is 2.15. The smallest absolute Gasteiger partial charge is 0.339 e. The highest BCUT2D eigenvalue weighted by Gasteiger charge is 2.13. The first-order chi connectivity index (χ1) is 9.60. The first-order valence-corrected chi connectivity index (χ1v) is 6.26. The summed E-state index contributed by atoms with van der Waals surface area (Å²) < 4.78 is 10.5. The van der Waals surface area contributed by atoms with Gasteiger partial charge in [0, 0.05) is 6.54 Å². The Kier molecular flexibility index (Phi) is 4.42. The molecule has 0 aliphatic carbocycles. The molecule has 2 aromatic rings. The van der Waals surface area contributed by atoms with Crippen molar-refractivity contribution in [3.63, 3.8) is 0 Å². The predicted molar refractivity (Wildman–Crippen MR) is 73.9 cm³/mol. The number of hydrogen-bond donors (Lipinski definition) is 2. The fraction of sp³-hybridized carbons (Fsp3) is 0.267. The van der Waals surface area contributed by atoms with Crippen LogP contribution in [0.3, 0.4) is 0 Å². The first kappa shape index (κ1) is 14.1. The van der Waals surface area contributed by atoms with E-state index in [9.17, 15) is 4.79 Å². The maximum Gasteiger partial charge on any atom is 0.339 e. The molecule has 20 heavy (non-hydrogen) atoms. The average molecular weight is 275 g/mol. The summed E-state index contributed by atoms with van der Waals surface area (Å²) in [5.41, 5.74) is 1.30. The lowest BCUT2D eigenvalue weighted by Gasteiger charge is -2.05. The third-order valence-corrected chi connectivity index (χ3v) is 2.96. The number of benzene rings is 1. The van der Waals surface area contributed by atoms with Crippen LogP contribution in [-0.4, -0.2) is 18.2 Å². The Morgan fingerprint density at radius 1 is 1.35 bits per heavy atom. The molecule has 5 heteroatoms. The van der Waals surface area contributed by atoms with Crippen molar-refractivity contribution < 1.29 is 19.1 Å².